The van der Waals surface area contributed by atoms with Crippen LogP contribution in [0.2, 0.25) is 0 Å². The molecule has 0 aromatic rings. The zero-order valence-corrected chi connectivity index (χ0v) is 35.7. The van der Waals surface area contributed by atoms with Crippen LogP contribution in [0.1, 0.15) is 107 Å². The van der Waals surface area contributed by atoms with Crippen molar-refractivity contribution in [2.24, 2.45) is 56.2 Å². The van der Waals surface area contributed by atoms with Gasteiger partial charge in [-0.3, -0.25) is 4.79 Å². The summed E-state index contributed by atoms with van der Waals surface area (Å²) < 4.78 is 30.4. The van der Waals surface area contributed by atoms with Crippen LogP contribution in [-0.2, 0) is 28.5 Å². The van der Waals surface area contributed by atoms with E-state index in [0.717, 1.165) is 19.3 Å². The van der Waals surface area contributed by atoms with Gasteiger partial charge < -0.3 is 69.6 Å². The fourth-order valence-electron chi connectivity index (χ4n) is 15.5. The smallest absolute Gasteiger partial charge is 0.303 e. The molecule has 2 heterocycles. The summed E-state index contributed by atoms with van der Waals surface area (Å²) in [6.07, 6.45) is -12.6. The minimum atomic E-state index is -1.66. The molecular formula is C43H72O15. The van der Waals surface area contributed by atoms with Crippen LogP contribution in [0.5, 0.6) is 0 Å². The highest BCUT2D eigenvalue weighted by molar-refractivity contribution is 5.66. The molecule has 5 aliphatic carbocycles. The average Bonchev–Trinajstić information content (AvgIpc) is 3.12. The van der Waals surface area contributed by atoms with Crippen LogP contribution in [0.3, 0.4) is 0 Å². The predicted molar refractivity (Wildman–Crippen MR) is 205 cm³/mol. The molecule has 0 amide bonds. The Morgan fingerprint density at radius 3 is 1.84 bits per heavy atom. The van der Waals surface area contributed by atoms with Crippen molar-refractivity contribution in [1.29, 1.82) is 0 Å². The molecule has 9 N–H and O–H groups in total. The lowest BCUT2D eigenvalue weighted by molar-refractivity contribution is -0.362. The molecule has 2 saturated heterocycles. The Balaban J connectivity index is 1.29. The van der Waals surface area contributed by atoms with Crippen molar-refractivity contribution in [2.75, 3.05) is 13.2 Å². The first-order chi connectivity index (χ1) is 26.8. The lowest BCUT2D eigenvalue weighted by Gasteiger charge is -2.76. The van der Waals surface area contributed by atoms with E-state index in [4.69, 9.17) is 23.7 Å². The first-order valence-electron chi connectivity index (χ1n) is 21.6. The van der Waals surface area contributed by atoms with Crippen molar-refractivity contribution in [2.45, 2.75) is 193 Å². The summed E-state index contributed by atoms with van der Waals surface area (Å²) in [5.74, 6) is -0.972. The maximum atomic E-state index is 12.3. The number of aliphatic hydroxyl groups excluding tert-OH is 9. The van der Waals surface area contributed by atoms with Crippen LogP contribution in [0, 0.1) is 56.2 Å². The normalized spacial score (nSPS) is 56.2. The van der Waals surface area contributed by atoms with E-state index in [1.807, 2.05) is 13.8 Å². The molecule has 7 rings (SSSR count). The molecule has 2 aliphatic heterocycles. The van der Waals surface area contributed by atoms with Crippen LogP contribution >= 0.6 is 0 Å². The summed E-state index contributed by atoms with van der Waals surface area (Å²) >= 11 is 0. The largest absolute Gasteiger partial charge is 0.457 e. The van der Waals surface area contributed by atoms with E-state index in [0.29, 0.717) is 19.3 Å². The number of aliphatic hydroxyl groups is 9. The van der Waals surface area contributed by atoms with Gasteiger partial charge in [0.05, 0.1) is 43.7 Å². The second-order valence-electron chi connectivity index (χ2n) is 21.7. The Morgan fingerprint density at radius 1 is 0.638 bits per heavy atom. The molecule has 22 atom stereocenters. The van der Waals surface area contributed by atoms with Gasteiger partial charge in [-0.15, -0.1) is 0 Å². The second-order valence-corrected chi connectivity index (χ2v) is 21.7. The highest BCUT2D eigenvalue weighted by atomic mass is 16.7. The zero-order valence-electron chi connectivity index (χ0n) is 35.7. The third-order valence-electron chi connectivity index (χ3n) is 18.0. The molecule has 0 radical (unpaired) electrons. The number of hydrogen-bond acceptors (Lipinski definition) is 15. The Bertz CT molecular complexity index is 1530. The Hall–Kier alpha value is -1.05. The van der Waals surface area contributed by atoms with Gasteiger partial charge in [-0.25, -0.2) is 0 Å². The van der Waals surface area contributed by atoms with Crippen molar-refractivity contribution in [3.63, 3.8) is 0 Å². The second kappa shape index (κ2) is 15.0. The van der Waals surface area contributed by atoms with Gasteiger partial charge in [0.15, 0.2) is 18.7 Å². The van der Waals surface area contributed by atoms with E-state index in [9.17, 15) is 50.8 Å². The summed E-state index contributed by atoms with van der Waals surface area (Å²) in [5.41, 5.74) is -3.39. The van der Waals surface area contributed by atoms with Crippen LogP contribution < -0.4 is 0 Å². The van der Waals surface area contributed by atoms with Gasteiger partial charge in [0, 0.05) is 6.92 Å². The quantitative estimate of drug-likeness (QED) is 0.134. The summed E-state index contributed by atoms with van der Waals surface area (Å²) in [6, 6.07) is 0. The minimum Gasteiger partial charge on any atom is -0.457 e. The minimum absolute atomic E-state index is 0.00977. The number of fused-ring (bicyclic) bond motifs is 7. The number of esters is 1. The first-order valence-corrected chi connectivity index (χ1v) is 21.6. The number of carbonyl (C=O) groups excluding carboxylic acids is 1. The standard InChI is InChI=1S/C43H72O15/c1-19(45)55-24-18-54-36(31(51)29(24)49)56-21-16-43(9)26(11-10-25-40(6)13-12-27(47)38(2,3)33(40)20(46)14-42(25,43)8)41(7)15-22(35(53)39(4,5)34(21)41)57-37-32(52)30(50)28(48)23(17-44)58-37/h20-37,44,46-53H,10-18H2,1-9H3/t20-,21+,22+,23+,24+,25+,26+,27-,28+,29+,30-,31-,32+,33?,34-,35-,36+,37+,40+,41+,42+,43+/m0/s1. The van der Waals surface area contributed by atoms with E-state index < -0.39 is 125 Å². The van der Waals surface area contributed by atoms with Crippen molar-refractivity contribution >= 4 is 5.97 Å². The zero-order chi connectivity index (χ0) is 42.9. The van der Waals surface area contributed by atoms with Gasteiger partial charge in [0.1, 0.15) is 36.6 Å². The molecule has 0 spiro atoms. The average molecular weight is 829 g/mol. The maximum Gasteiger partial charge on any atom is 0.303 e. The molecule has 15 heteroatoms. The number of rotatable bonds is 6. The summed E-state index contributed by atoms with van der Waals surface area (Å²) in [4.78, 5) is 11.8. The van der Waals surface area contributed by atoms with Crippen LogP contribution in [0.4, 0.5) is 0 Å². The molecular weight excluding hydrogens is 756 g/mol. The number of hydrogen-bond donors (Lipinski definition) is 9. The molecule has 58 heavy (non-hydrogen) atoms. The van der Waals surface area contributed by atoms with Gasteiger partial charge in [-0.1, -0.05) is 55.4 Å². The van der Waals surface area contributed by atoms with Crippen LogP contribution in [-0.4, -0.2) is 151 Å². The molecule has 7 aliphatic rings. The molecule has 7 fully saturated rings. The number of carbonyl (C=O) groups is 1. The highest BCUT2D eigenvalue weighted by Crippen LogP contribution is 2.78. The first kappa shape index (κ1) is 45.0. The summed E-state index contributed by atoms with van der Waals surface area (Å²) in [5, 5.41) is 100. The van der Waals surface area contributed by atoms with Gasteiger partial charge in [-0.2, -0.15) is 0 Å². The Kier molecular flexibility index (Phi) is 11.7. The monoisotopic (exact) mass is 828 g/mol. The van der Waals surface area contributed by atoms with Crippen LogP contribution in [0.25, 0.3) is 0 Å². The lowest BCUT2D eigenvalue weighted by Crippen LogP contribution is -2.74. The fraction of sp³-hybridized carbons (Fsp3) is 0.977. The molecule has 1 unspecified atom stereocenters. The topological polar surface area (TPSA) is 245 Å². The molecule has 0 bridgehead atoms. The predicted octanol–water partition coefficient (Wildman–Crippen LogP) is 0.990. The van der Waals surface area contributed by atoms with Crippen molar-refractivity contribution < 1.29 is 74.4 Å². The van der Waals surface area contributed by atoms with E-state index in [2.05, 4.69) is 41.5 Å². The molecule has 15 nitrogen and oxygen atoms in total. The van der Waals surface area contributed by atoms with Gasteiger partial charge in [-0.05, 0) is 101 Å². The molecule has 0 aromatic heterocycles. The summed E-state index contributed by atoms with van der Waals surface area (Å²) in [7, 11) is 0. The van der Waals surface area contributed by atoms with E-state index in [1.165, 1.54) is 6.92 Å². The van der Waals surface area contributed by atoms with Gasteiger partial charge >= 0.3 is 5.97 Å². The molecule has 334 valence electrons. The molecule has 0 aromatic carbocycles. The van der Waals surface area contributed by atoms with E-state index in [-0.39, 0.29) is 42.1 Å². The maximum absolute atomic E-state index is 12.3. The number of ether oxygens (including phenoxy) is 5. The fourth-order valence-corrected chi connectivity index (χ4v) is 15.5. The van der Waals surface area contributed by atoms with Gasteiger partial charge in [0.2, 0.25) is 0 Å². The van der Waals surface area contributed by atoms with Gasteiger partial charge in [0.25, 0.3) is 0 Å². The van der Waals surface area contributed by atoms with Crippen molar-refractivity contribution in [3.8, 4) is 0 Å². The van der Waals surface area contributed by atoms with Crippen LogP contribution in [0.15, 0.2) is 0 Å². The van der Waals surface area contributed by atoms with Crippen molar-refractivity contribution in [1.82, 2.24) is 0 Å². The van der Waals surface area contributed by atoms with E-state index in [1.54, 1.807) is 0 Å². The Morgan fingerprint density at radius 2 is 1.22 bits per heavy atom. The highest BCUT2D eigenvalue weighted by Gasteiger charge is 2.75. The van der Waals surface area contributed by atoms with Crippen molar-refractivity contribution in [3.05, 3.63) is 0 Å². The SMILES string of the molecule is CC(=O)O[C@@H]1CO[C@H](O[C@@H]2C[C@]3(C)[C@H](CC[C@@H]4[C@@]5(C)CC[C@H](O)C(C)(C)C5[C@@H](O)C[C@]43C)[C@@]3(C)C[C@@H](O[C@@H]4O[C@H](CO)[C@@H](O)[C@H](O)[C@H]4O)[C@H](O)C(C)(C)[C@H]23)[C@@H](O)[C@@H]1O. The Labute approximate surface area is 342 Å². The third-order valence-corrected chi connectivity index (χ3v) is 18.0. The third kappa shape index (κ3) is 6.49. The van der Waals surface area contributed by atoms with E-state index >= 15 is 0 Å². The lowest BCUT2D eigenvalue weighted by atomic mass is 9.29. The molecule has 5 saturated carbocycles. The summed E-state index contributed by atoms with van der Waals surface area (Å²) in [6.45, 7) is 17.5.